The Morgan fingerprint density at radius 1 is 1.18 bits per heavy atom. The molecular weight excluding hydrogens is 212 g/mol. The molecule has 2 nitrogen and oxygen atoms in total. The molecule has 1 fully saturated rings. The van der Waals surface area contributed by atoms with Gasteiger partial charge in [-0.1, -0.05) is 31.4 Å². The first-order valence-corrected chi connectivity index (χ1v) is 6.60. The van der Waals surface area contributed by atoms with Gasteiger partial charge in [0.15, 0.2) is 0 Å². The lowest BCUT2D eigenvalue weighted by Crippen LogP contribution is -2.19. The standard InChI is InChI=1S/C15H22O2/c1-17-14-9-7-13(8-10-14)15(11-16)12-5-3-2-4-6-12/h7-10,12,15-16H,2-6,11H2,1H3. The van der Waals surface area contributed by atoms with Crippen LogP contribution >= 0.6 is 0 Å². The molecule has 1 N–H and O–H groups in total. The fourth-order valence-electron chi connectivity index (χ4n) is 2.91. The van der Waals surface area contributed by atoms with Gasteiger partial charge >= 0.3 is 0 Å². The molecule has 0 saturated heterocycles. The minimum atomic E-state index is 0.261. The first-order chi connectivity index (χ1) is 8.35. The van der Waals surface area contributed by atoms with Crippen molar-refractivity contribution in [2.45, 2.75) is 38.0 Å². The smallest absolute Gasteiger partial charge is 0.118 e. The molecule has 1 aliphatic carbocycles. The SMILES string of the molecule is COc1ccc(C(CO)C2CCCCC2)cc1. The molecule has 1 aromatic carbocycles. The second-order valence-corrected chi connectivity index (χ2v) is 4.96. The minimum Gasteiger partial charge on any atom is -0.497 e. The van der Waals surface area contributed by atoms with E-state index in [0.717, 1.165) is 5.75 Å². The number of aliphatic hydroxyl groups is 1. The summed E-state index contributed by atoms with van der Waals surface area (Å²) >= 11 is 0. The Labute approximate surface area is 104 Å². The topological polar surface area (TPSA) is 29.5 Å². The molecule has 0 spiro atoms. The van der Waals surface area contributed by atoms with Gasteiger partial charge in [-0.25, -0.2) is 0 Å². The molecule has 0 bridgehead atoms. The van der Waals surface area contributed by atoms with Crippen molar-refractivity contribution in [3.63, 3.8) is 0 Å². The Balaban J connectivity index is 2.10. The molecule has 0 radical (unpaired) electrons. The predicted octanol–water partition coefficient (Wildman–Crippen LogP) is 3.35. The quantitative estimate of drug-likeness (QED) is 0.865. The first-order valence-electron chi connectivity index (χ1n) is 6.60. The molecule has 2 rings (SSSR count). The first kappa shape index (κ1) is 12.4. The van der Waals surface area contributed by atoms with Gasteiger partial charge in [-0.15, -0.1) is 0 Å². The van der Waals surface area contributed by atoms with Crippen molar-refractivity contribution in [1.29, 1.82) is 0 Å². The molecule has 1 aromatic rings. The van der Waals surface area contributed by atoms with Crippen molar-refractivity contribution in [3.05, 3.63) is 29.8 Å². The average molecular weight is 234 g/mol. The molecule has 1 unspecified atom stereocenters. The van der Waals surface area contributed by atoms with Crippen LogP contribution in [-0.4, -0.2) is 18.8 Å². The Hall–Kier alpha value is -1.02. The molecular formula is C15H22O2. The number of rotatable bonds is 4. The van der Waals surface area contributed by atoms with Crippen LogP contribution in [0.1, 0.15) is 43.6 Å². The van der Waals surface area contributed by atoms with Gasteiger partial charge in [0.2, 0.25) is 0 Å². The number of hydrogen-bond donors (Lipinski definition) is 1. The highest BCUT2D eigenvalue weighted by Crippen LogP contribution is 2.36. The number of ether oxygens (including phenoxy) is 1. The second kappa shape index (κ2) is 6.06. The van der Waals surface area contributed by atoms with E-state index in [-0.39, 0.29) is 6.61 Å². The third kappa shape index (κ3) is 3.01. The molecule has 2 heteroatoms. The Morgan fingerprint density at radius 2 is 1.82 bits per heavy atom. The van der Waals surface area contributed by atoms with Gasteiger partial charge < -0.3 is 9.84 Å². The minimum absolute atomic E-state index is 0.261. The summed E-state index contributed by atoms with van der Waals surface area (Å²) in [4.78, 5) is 0. The lowest BCUT2D eigenvalue weighted by atomic mass is 9.77. The summed E-state index contributed by atoms with van der Waals surface area (Å²) in [5.41, 5.74) is 1.25. The van der Waals surface area contributed by atoms with Gasteiger partial charge in [-0.3, -0.25) is 0 Å². The summed E-state index contributed by atoms with van der Waals surface area (Å²) in [5, 5.41) is 9.63. The largest absolute Gasteiger partial charge is 0.497 e. The van der Waals surface area contributed by atoms with Gasteiger partial charge in [0.1, 0.15) is 5.75 Å². The van der Waals surface area contributed by atoms with Crippen LogP contribution in [0.3, 0.4) is 0 Å². The third-order valence-electron chi connectivity index (χ3n) is 3.96. The van der Waals surface area contributed by atoms with Crippen LogP contribution in [0.25, 0.3) is 0 Å². The summed E-state index contributed by atoms with van der Waals surface area (Å²) in [6, 6.07) is 8.16. The zero-order chi connectivity index (χ0) is 12.1. The maximum Gasteiger partial charge on any atom is 0.118 e. The maximum absolute atomic E-state index is 9.63. The molecule has 94 valence electrons. The van der Waals surface area contributed by atoms with Crippen LogP contribution in [0.4, 0.5) is 0 Å². The molecule has 0 heterocycles. The van der Waals surface area contributed by atoms with E-state index >= 15 is 0 Å². The number of methoxy groups -OCH3 is 1. The highest BCUT2D eigenvalue weighted by atomic mass is 16.5. The molecule has 17 heavy (non-hydrogen) atoms. The van der Waals surface area contributed by atoms with Crippen molar-refractivity contribution in [1.82, 2.24) is 0 Å². The molecule has 1 atom stereocenters. The fraction of sp³-hybridized carbons (Fsp3) is 0.600. The number of benzene rings is 1. The van der Waals surface area contributed by atoms with E-state index in [9.17, 15) is 5.11 Å². The molecule has 1 saturated carbocycles. The van der Waals surface area contributed by atoms with Crippen LogP contribution in [0.15, 0.2) is 24.3 Å². The van der Waals surface area contributed by atoms with Crippen molar-refractivity contribution in [2.75, 3.05) is 13.7 Å². The Bertz CT molecular complexity index is 325. The maximum atomic E-state index is 9.63. The molecule has 0 amide bonds. The van der Waals surface area contributed by atoms with E-state index in [0.29, 0.717) is 11.8 Å². The van der Waals surface area contributed by atoms with Crippen LogP contribution in [-0.2, 0) is 0 Å². The van der Waals surface area contributed by atoms with Gasteiger partial charge in [-0.05, 0) is 36.5 Å². The van der Waals surface area contributed by atoms with E-state index in [2.05, 4.69) is 12.1 Å². The molecule has 0 aromatic heterocycles. The average Bonchev–Trinajstić information content (AvgIpc) is 2.42. The number of aliphatic hydroxyl groups excluding tert-OH is 1. The lowest BCUT2D eigenvalue weighted by Gasteiger charge is -2.29. The van der Waals surface area contributed by atoms with Crippen molar-refractivity contribution in [3.8, 4) is 5.75 Å². The third-order valence-corrected chi connectivity index (χ3v) is 3.96. The van der Waals surface area contributed by atoms with Crippen molar-refractivity contribution < 1.29 is 9.84 Å². The van der Waals surface area contributed by atoms with Crippen LogP contribution < -0.4 is 4.74 Å². The number of hydrogen-bond acceptors (Lipinski definition) is 2. The van der Waals surface area contributed by atoms with Crippen LogP contribution in [0.2, 0.25) is 0 Å². The van der Waals surface area contributed by atoms with Crippen LogP contribution in [0, 0.1) is 5.92 Å². The lowest BCUT2D eigenvalue weighted by molar-refractivity contribution is 0.196. The van der Waals surface area contributed by atoms with Crippen molar-refractivity contribution >= 4 is 0 Å². The highest BCUT2D eigenvalue weighted by Gasteiger charge is 2.24. The van der Waals surface area contributed by atoms with E-state index < -0.39 is 0 Å². The van der Waals surface area contributed by atoms with Crippen molar-refractivity contribution in [2.24, 2.45) is 5.92 Å². The summed E-state index contributed by atoms with van der Waals surface area (Å²) in [5.74, 6) is 1.84. The summed E-state index contributed by atoms with van der Waals surface area (Å²) < 4.78 is 5.17. The zero-order valence-electron chi connectivity index (χ0n) is 10.6. The highest BCUT2D eigenvalue weighted by molar-refractivity contribution is 5.29. The summed E-state index contributed by atoms with van der Waals surface area (Å²) in [6.07, 6.45) is 6.51. The van der Waals surface area contributed by atoms with Gasteiger partial charge in [0, 0.05) is 5.92 Å². The van der Waals surface area contributed by atoms with Gasteiger partial charge in [0.05, 0.1) is 13.7 Å². The van der Waals surface area contributed by atoms with E-state index in [1.807, 2.05) is 12.1 Å². The summed E-state index contributed by atoms with van der Waals surface area (Å²) in [6.45, 7) is 0.261. The molecule has 1 aliphatic rings. The second-order valence-electron chi connectivity index (χ2n) is 4.96. The summed E-state index contributed by atoms with van der Waals surface area (Å²) in [7, 11) is 1.68. The fourth-order valence-corrected chi connectivity index (χ4v) is 2.91. The van der Waals surface area contributed by atoms with E-state index in [1.165, 1.54) is 37.7 Å². The van der Waals surface area contributed by atoms with Gasteiger partial charge in [-0.2, -0.15) is 0 Å². The predicted molar refractivity (Wildman–Crippen MR) is 69.4 cm³/mol. The van der Waals surface area contributed by atoms with Crippen LogP contribution in [0.5, 0.6) is 5.75 Å². The van der Waals surface area contributed by atoms with E-state index in [1.54, 1.807) is 7.11 Å². The zero-order valence-corrected chi connectivity index (χ0v) is 10.6. The Kier molecular flexibility index (Phi) is 4.43. The molecule has 0 aliphatic heterocycles. The monoisotopic (exact) mass is 234 g/mol. The van der Waals surface area contributed by atoms with E-state index in [4.69, 9.17) is 4.74 Å². The Morgan fingerprint density at radius 3 is 2.35 bits per heavy atom. The van der Waals surface area contributed by atoms with Gasteiger partial charge in [0.25, 0.3) is 0 Å². The normalized spacial score (nSPS) is 18.9.